The van der Waals surface area contributed by atoms with E-state index in [-0.39, 0.29) is 6.04 Å². The minimum atomic E-state index is 0.256. The summed E-state index contributed by atoms with van der Waals surface area (Å²) in [4.78, 5) is 4.08. The van der Waals surface area contributed by atoms with Gasteiger partial charge >= 0.3 is 0 Å². The fraction of sp³-hybridized carbons (Fsp3) is 0.312. The van der Waals surface area contributed by atoms with Crippen molar-refractivity contribution in [1.82, 2.24) is 10.3 Å². The molecule has 2 unspecified atom stereocenters. The average Bonchev–Trinajstić information content (AvgIpc) is 2.45. The molecule has 1 aromatic carbocycles. The van der Waals surface area contributed by atoms with E-state index in [9.17, 15) is 0 Å². The minimum absolute atomic E-state index is 0.256. The molecule has 2 rings (SSSR count). The number of likely N-dealkylation sites (N-methyl/N-ethyl adjacent to an activating group) is 1. The fourth-order valence-corrected chi connectivity index (χ4v) is 2.56. The molecule has 0 amide bonds. The third-order valence-electron chi connectivity index (χ3n) is 3.36. The molecular weight excluding hydrogens is 256 g/mol. The lowest BCUT2D eigenvalue weighted by molar-refractivity contribution is 0.479. The lowest BCUT2D eigenvalue weighted by Gasteiger charge is -2.25. The van der Waals surface area contributed by atoms with Crippen LogP contribution in [0.1, 0.15) is 36.9 Å². The number of hydrogen-bond donors (Lipinski definition) is 1. The van der Waals surface area contributed by atoms with Gasteiger partial charge < -0.3 is 5.32 Å². The molecule has 2 aromatic rings. The normalized spacial score (nSPS) is 14.1. The van der Waals surface area contributed by atoms with Crippen molar-refractivity contribution < 1.29 is 0 Å². The zero-order valence-corrected chi connectivity index (χ0v) is 12.1. The van der Waals surface area contributed by atoms with Gasteiger partial charge in [-0.2, -0.15) is 0 Å². The second kappa shape index (κ2) is 6.69. The summed E-state index contributed by atoms with van der Waals surface area (Å²) in [5.74, 6) is 0.362. The van der Waals surface area contributed by atoms with Crippen LogP contribution in [0.2, 0.25) is 5.02 Å². The van der Waals surface area contributed by atoms with Crippen LogP contribution in [0.5, 0.6) is 0 Å². The van der Waals surface area contributed by atoms with Gasteiger partial charge in [0.15, 0.2) is 0 Å². The average molecular weight is 275 g/mol. The molecule has 0 saturated carbocycles. The second-order valence-corrected chi connectivity index (χ2v) is 5.10. The summed E-state index contributed by atoms with van der Waals surface area (Å²) in [6.45, 7) is 5.27. The van der Waals surface area contributed by atoms with E-state index in [4.69, 9.17) is 11.6 Å². The maximum atomic E-state index is 6.10. The van der Waals surface area contributed by atoms with Gasteiger partial charge in [0.05, 0.1) is 0 Å². The molecule has 0 bridgehead atoms. The van der Waals surface area contributed by atoms with E-state index in [2.05, 4.69) is 42.3 Å². The summed E-state index contributed by atoms with van der Waals surface area (Å²) >= 11 is 6.10. The number of pyridine rings is 1. The van der Waals surface area contributed by atoms with Gasteiger partial charge in [0.1, 0.15) is 0 Å². The zero-order chi connectivity index (χ0) is 13.7. The third kappa shape index (κ3) is 3.55. The first-order chi connectivity index (χ1) is 9.22. The SMILES string of the molecule is CCNC(c1cccc(Cl)c1)C(C)c1ccncc1. The first-order valence-electron chi connectivity index (χ1n) is 6.61. The van der Waals surface area contributed by atoms with Crippen molar-refractivity contribution in [1.29, 1.82) is 0 Å². The van der Waals surface area contributed by atoms with Crippen molar-refractivity contribution in [3.05, 3.63) is 64.9 Å². The number of halogens is 1. The molecule has 19 heavy (non-hydrogen) atoms. The van der Waals surface area contributed by atoms with E-state index in [0.29, 0.717) is 5.92 Å². The summed E-state index contributed by atoms with van der Waals surface area (Å²) < 4.78 is 0. The van der Waals surface area contributed by atoms with E-state index in [0.717, 1.165) is 11.6 Å². The number of nitrogens with one attached hydrogen (secondary N) is 1. The van der Waals surface area contributed by atoms with Crippen molar-refractivity contribution in [2.24, 2.45) is 0 Å². The molecule has 0 radical (unpaired) electrons. The van der Waals surface area contributed by atoms with Crippen molar-refractivity contribution in [2.75, 3.05) is 6.54 Å². The highest BCUT2D eigenvalue weighted by molar-refractivity contribution is 6.30. The monoisotopic (exact) mass is 274 g/mol. The molecule has 2 nitrogen and oxygen atoms in total. The summed E-state index contributed by atoms with van der Waals surface area (Å²) in [5.41, 5.74) is 2.50. The number of hydrogen-bond acceptors (Lipinski definition) is 2. The Bertz CT molecular complexity index is 513. The molecule has 1 aromatic heterocycles. The Morgan fingerprint density at radius 1 is 1.16 bits per heavy atom. The van der Waals surface area contributed by atoms with Crippen LogP contribution in [-0.4, -0.2) is 11.5 Å². The fourth-order valence-electron chi connectivity index (χ4n) is 2.36. The van der Waals surface area contributed by atoms with Crippen LogP contribution < -0.4 is 5.32 Å². The number of nitrogens with zero attached hydrogens (tertiary/aromatic N) is 1. The Kier molecular flexibility index (Phi) is 4.94. The standard InChI is InChI=1S/C16H19ClN2/c1-3-19-16(14-5-4-6-15(17)11-14)12(2)13-7-9-18-10-8-13/h4-12,16,19H,3H2,1-2H3. The van der Waals surface area contributed by atoms with Gasteiger partial charge in [0.25, 0.3) is 0 Å². The van der Waals surface area contributed by atoms with Crippen LogP contribution in [0.3, 0.4) is 0 Å². The van der Waals surface area contributed by atoms with Crippen LogP contribution >= 0.6 is 11.6 Å². The van der Waals surface area contributed by atoms with Crippen molar-refractivity contribution in [2.45, 2.75) is 25.8 Å². The largest absolute Gasteiger partial charge is 0.310 e. The summed E-state index contributed by atoms with van der Waals surface area (Å²) in [6, 6.07) is 12.5. The predicted molar refractivity (Wildman–Crippen MR) is 80.5 cm³/mol. The van der Waals surface area contributed by atoms with Gasteiger partial charge in [-0.3, -0.25) is 4.98 Å². The Morgan fingerprint density at radius 3 is 2.53 bits per heavy atom. The van der Waals surface area contributed by atoms with E-state index in [1.54, 1.807) is 0 Å². The maximum Gasteiger partial charge on any atom is 0.0409 e. The molecular formula is C16H19ClN2. The molecule has 0 aliphatic heterocycles. The van der Waals surface area contributed by atoms with Crippen LogP contribution in [0.4, 0.5) is 0 Å². The van der Waals surface area contributed by atoms with Crippen LogP contribution in [-0.2, 0) is 0 Å². The quantitative estimate of drug-likeness (QED) is 0.884. The molecule has 0 aliphatic rings. The molecule has 1 N–H and O–H groups in total. The highest BCUT2D eigenvalue weighted by atomic mass is 35.5. The van der Waals surface area contributed by atoms with Gasteiger partial charge in [0, 0.05) is 29.4 Å². The molecule has 0 aliphatic carbocycles. The van der Waals surface area contributed by atoms with E-state index in [1.165, 1.54) is 11.1 Å². The zero-order valence-electron chi connectivity index (χ0n) is 11.3. The molecule has 1 heterocycles. The van der Waals surface area contributed by atoms with E-state index >= 15 is 0 Å². The third-order valence-corrected chi connectivity index (χ3v) is 3.60. The molecule has 2 atom stereocenters. The summed E-state index contributed by atoms with van der Waals surface area (Å²) in [6.07, 6.45) is 3.68. The second-order valence-electron chi connectivity index (χ2n) is 4.66. The van der Waals surface area contributed by atoms with Gasteiger partial charge in [-0.05, 0) is 41.9 Å². The van der Waals surface area contributed by atoms with Crippen LogP contribution in [0.15, 0.2) is 48.8 Å². The molecule has 0 fully saturated rings. The number of benzene rings is 1. The topological polar surface area (TPSA) is 24.9 Å². The molecule has 100 valence electrons. The predicted octanol–water partition coefficient (Wildman–Crippen LogP) is 4.19. The Morgan fingerprint density at radius 2 is 1.89 bits per heavy atom. The van der Waals surface area contributed by atoms with Gasteiger partial charge in [-0.25, -0.2) is 0 Å². The number of aromatic nitrogens is 1. The molecule has 0 spiro atoms. The maximum absolute atomic E-state index is 6.10. The van der Waals surface area contributed by atoms with Crippen molar-refractivity contribution in [3.63, 3.8) is 0 Å². The van der Waals surface area contributed by atoms with E-state index in [1.807, 2.05) is 30.6 Å². The first-order valence-corrected chi connectivity index (χ1v) is 6.99. The van der Waals surface area contributed by atoms with Crippen molar-refractivity contribution in [3.8, 4) is 0 Å². The van der Waals surface area contributed by atoms with Crippen LogP contribution in [0, 0.1) is 0 Å². The van der Waals surface area contributed by atoms with Crippen LogP contribution in [0.25, 0.3) is 0 Å². The Labute approximate surface area is 119 Å². The smallest absolute Gasteiger partial charge is 0.0409 e. The Hall–Kier alpha value is -1.38. The molecule has 3 heteroatoms. The minimum Gasteiger partial charge on any atom is -0.310 e. The highest BCUT2D eigenvalue weighted by Gasteiger charge is 2.20. The lowest BCUT2D eigenvalue weighted by atomic mass is 9.89. The van der Waals surface area contributed by atoms with Gasteiger partial charge in [-0.15, -0.1) is 0 Å². The van der Waals surface area contributed by atoms with Crippen molar-refractivity contribution >= 4 is 11.6 Å². The number of rotatable bonds is 5. The van der Waals surface area contributed by atoms with E-state index < -0.39 is 0 Å². The lowest BCUT2D eigenvalue weighted by Crippen LogP contribution is -2.25. The highest BCUT2D eigenvalue weighted by Crippen LogP contribution is 2.31. The summed E-state index contributed by atoms with van der Waals surface area (Å²) in [5, 5.41) is 4.33. The Balaban J connectivity index is 2.30. The van der Waals surface area contributed by atoms with Gasteiger partial charge in [-0.1, -0.05) is 37.6 Å². The summed E-state index contributed by atoms with van der Waals surface area (Å²) in [7, 11) is 0. The van der Waals surface area contributed by atoms with Gasteiger partial charge in [0.2, 0.25) is 0 Å². The molecule has 0 saturated heterocycles. The first kappa shape index (κ1) is 14.0.